The summed E-state index contributed by atoms with van der Waals surface area (Å²) < 4.78 is 40.9. The predicted molar refractivity (Wildman–Crippen MR) is 94.1 cm³/mol. The Labute approximate surface area is 155 Å². The number of amides is 2. The Balaban J connectivity index is 1.74. The minimum absolute atomic E-state index is 0.230. The van der Waals surface area contributed by atoms with E-state index in [1.54, 1.807) is 19.1 Å². The number of hydrogen-bond donors (Lipinski definition) is 1. The van der Waals surface area contributed by atoms with Gasteiger partial charge >= 0.3 is 0 Å². The van der Waals surface area contributed by atoms with Crippen LogP contribution in [-0.4, -0.2) is 29.8 Å². The maximum Gasteiger partial charge on any atom is 0.243 e. The molecule has 0 aromatic heterocycles. The fourth-order valence-corrected chi connectivity index (χ4v) is 3.35. The SMILES string of the molecule is CC(NC(=O)C1CCCN1C=O)c1ccc(-c2c(F)cc(F)cc2F)cc1. The predicted octanol–water partition coefficient (Wildman–Crippen LogP) is 3.57. The second-order valence-electron chi connectivity index (χ2n) is 6.60. The topological polar surface area (TPSA) is 49.4 Å². The van der Waals surface area contributed by atoms with Gasteiger partial charge in [-0.25, -0.2) is 13.2 Å². The van der Waals surface area contributed by atoms with Crippen LogP contribution in [0.4, 0.5) is 13.2 Å². The standard InChI is InChI=1S/C20H19F3N2O2/c1-12(24-20(27)18-3-2-8-25(18)11-26)13-4-6-14(7-5-13)19-16(22)9-15(21)10-17(19)23/h4-7,9-12,18H,2-3,8H2,1H3,(H,24,27). The molecule has 7 heteroatoms. The molecule has 1 aliphatic rings. The molecular weight excluding hydrogens is 357 g/mol. The summed E-state index contributed by atoms with van der Waals surface area (Å²) in [6.45, 7) is 2.35. The summed E-state index contributed by atoms with van der Waals surface area (Å²) in [4.78, 5) is 24.8. The summed E-state index contributed by atoms with van der Waals surface area (Å²) in [6, 6.07) is 6.79. The highest BCUT2D eigenvalue weighted by molar-refractivity contribution is 5.84. The lowest BCUT2D eigenvalue weighted by Gasteiger charge is -2.22. The van der Waals surface area contributed by atoms with E-state index in [1.807, 2.05) is 0 Å². The van der Waals surface area contributed by atoms with E-state index in [2.05, 4.69) is 5.32 Å². The molecule has 1 heterocycles. The highest BCUT2D eigenvalue weighted by atomic mass is 19.1. The van der Waals surface area contributed by atoms with Crippen molar-refractivity contribution in [1.82, 2.24) is 10.2 Å². The largest absolute Gasteiger partial charge is 0.348 e. The maximum absolute atomic E-state index is 13.9. The fourth-order valence-electron chi connectivity index (χ4n) is 3.35. The molecule has 1 saturated heterocycles. The summed E-state index contributed by atoms with van der Waals surface area (Å²) in [7, 11) is 0. The first-order valence-electron chi connectivity index (χ1n) is 8.67. The van der Waals surface area contributed by atoms with Gasteiger partial charge in [0.05, 0.1) is 11.6 Å². The summed E-state index contributed by atoms with van der Waals surface area (Å²) in [5.41, 5.74) is 0.716. The molecule has 2 unspecified atom stereocenters. The van der Waals surface area contributed by atoms with Crippen LogP contribution in [0.25, 0.3) is 11.1 Å². The summed E-state index contributed by atoms with van der Waals surface area (Å²) in [5.74, 6) is -3.15. The zero-order valence-corrected chi connectivity index (χ0v) is 14.7. The van der Waals surface area contributed by atoms with Crippen LogP contribution in [0.3, 0.4) is 0 Å². The number of carbonyl (C=O) groups excluding carboxylic acids is 2. The number of likely N-dealkylation sites (tertiary alicyclic amines) is 1. The molecule has 0 aliphatic carbocycles. The monoisotopic (exact) mass is 376 g/mol. The third-order valence-corrected chi connectivity index (χ3v) is 4.80. The summed E-state index contributed by atoms with van der Waals surface area (Å²) in [6.07, 6.45) is 2.09. The molecule has 2 aromatic carbocycles. The van der Waals surface area contributed by atoms with E-state index >= 15 is 0 Å². The van der Waals surface area contributed by atoms with E-state index in [4.69, 9.17) is 0 Å². The van der Waals surface area contributed by atoms with Crippen molar-refractivity contribution in [2.24, 2.45) is 0 Å². The highest BCUT2D eigenvalue weighted by Crippen LogP contribution is 2.28. The zero-order chi connectivity index (χ0) is 19.6. The second-order valence-corrected chi connectivity index (χ2v) is 6.60. The van der Waals surface area contributed by atoms with Crippen LogP contribution < -0.4 is 5.32 Å². The molecule has 1 fully saturated rings. The molecule has 27 heavy (non-hydrogen) atoms. The lowest BCUT2D eigenvalue weighted by atomic mass is 10.00. The van der Waals surface area contributed by atoms with E-state index in [9.17, 15) is 22.8 Å². The molecule has 2 amide bonds. The van der Waals surface area contributed by atoms with Crippen molar-refractivity contribution in [3.8, 4) is 11.1 Å². The second kappa shape index (κ2) is 7.82. The zero-order valence-electron chi connectivity index (χ0n) is 14.7. The van der Waals surface area contributed by atoms with Crippen LogP contribution >= 0.6 is 0 Å². The van der Waals surface area contributed by atoms with Gasteiger partial charge in [0, 0.05) is 18.7 Å². The Morgan fingerprint density at radius 3 is 2.41 bits per heavy atom. The van der Waals surface area contributed by atoms with Crippen LogP contribution in [0.5, 0.6) is 0 Å². The first-order valence-corrected chi connectivity index (χ1v) is 8.67. The minimum Gasteiger partial charge on any atom is -0.348 e. The molecule has 0 bridgehead atoms. The molecule has 2 atom stereocenters. The van der Waals surface area contributed by atoms with Crippen molar-refractivity contribution < 1.29 is 22.8 Å². The fraction of sp³-hybridized carbons (Fsp3) is 0.300. The molecule has 4 nitrogen and oxygen atoms in total. The average molecular weight is 376 g/mol. The number of carbonyl (C=O) groups is 2. The number of nitrogens with one attached hydrogen (secondary N) is 1. The van der Waals surface area contributed by atoms with Gasteiger partial charge in [-0.15, -0.1) is 0 Å². The molecule has 0 spiro atoms. The highest BCUT2D eigenvalue weighted by Gasteiger charge is 2.30. The first-order chi connectivity index (χ1) is 12.9. The van der Waals surface area contributed by atoms with Gasteiger partial charge in [-0.1, -0.05) is 24.3 Å². The number of rotatable bonds is 5. The van der Waals surface area contributed by atoms with Crippen molar-refractivity contribution >= 4 is 12.3 Å². The van der Waals surface area contributed by atoms with Crippen molar-refractivity contribution in [1.29, 1.82) is 0 Å². The molecule has 142 valence electrons. The van der Waals surface area contributed by atoms with E-state index in [1.165, 1.54) is 17.0 Å². The maximum atomic E-state index is 13.9. The van der Waals surface area contributed by atoms with Crippen LogP contribution in [0, 0.1) is 17.5 Å². The van der Waals surface area contributed by atoms with Crippen LogP contribution in [-0.2, 0) is 9.59 Å². The van der Waals surface area contributed by atoms with Gasteiger partial charge in [0.2, 0.25) is 12.3 Å². The van der Waals surface area contributed by atoms with Gasteiger partial charge < -0.3 is 10.2 Å². The minimum atomic E-state index is -0.975. The van der Waals surface area contributed by atoms with Crippen LogP contribution in [0.1, 0.15) is 31.4 Å². The Kier molecular flexibility index (Phi) is 5.48. The van der Waals surface area contributed by atoms with Gasteiger partial charge in [-0.3, -0.25) is 9.59 Å². The van der Waals surface area contributed by atoms with Gasteiger partial charge in [-0.05, 0) is 30.9 Å². The molecule has 0 saturated carbocycles. The lowest BCUT2D eigenvalue weighted by molar-refractivity contribution is -0.131. The van der Waals surface area contributed by atoms with E-state index in [-0.39, 0.29) is 23.1 Å². The Morgan fingerprint density at radius 1 is 1.19 bits per heavy atom. The summed E-state index contributed by atoms with van der Waals surface area (Å²) >= 11 is 0. The van der Waals surface area contributed by atoms with Gasteiger partial charge in [0.1, 0.15) is 23.5 Å². The van der Waals surface area contributed by atoms with Crippen LogP contribution in [0.2, 0.25) is 0 Å². The Hall–Kier alpha value is -2.83. The van der Waals surface area contributed by atoms with Crippen molar-refractivity contribution in [3.05, 3.63) is 59.4 Å². The van der Waals surface area contributed by atoms with Gasteiger partial charge in [0.15, 0.2) is 0 Å². The van der Waals surface area contributed by atoms with Crippen molar-refractivity contribution in [3.63, 3.8) is 0 Å². The van der Waals surface area contributed by atoms with E-state index in [0.29, 0.717) is 31.5 Å². The van der Waals surface area contributed by atoms with E-state index in [0.717, 1.165) is 12.0 Å². The number of halogens is 3. The average Bonchev–Trinajstić information content (AvgIpc) is 3.10. The van der Waals surface area contributed by atoms with Crippen LogP contribution in [0.15, 0.2) is 36.4 Å². The smallest absolute Gasteiger partial charge is 0.243 e. The molecule has 1 N–H and O–H groups in total. The number of nitrogens with zero attached hydrogens (tertiary/aromatic N) is 1. The normalized spacial score (nSPS) is 17.6. The van der Waals surface area contributed by atoms with Crippen molar-refractivity contribution in [2.75, 3.05) is 6.54 Å². The third-order valence-electron chi connectivity index (χ3n) is 4.80. The number of benzene rings is 2. The third kappa shape index (κ3) is 3.97. The van der Waals surface area contributed by atoms with E-state index < -0.39 is 23.5 Å². The molecule has 3 rings (SSSR count). The Morgan fingerprint density at radius 2 is 1.81 bits per heavy atom. The number of hydrogen-bond acceptors (Lipinski definition) is 2. The Bertz CT molecular complexity index is 832. The van der Waals surface area contributed by atoms with Gasteiger partial charge in [-0.2, -0.15) is 0 Å². The van der Waals surface area contributed by atoms with Crippen molar-refractivity contribution in [2.45, 2.75) is 31.8 Å². The molecule has 2 aromatic rings. The molecule has 1 aliphatic heterocycles. The first kappa shape index (κ1) is 18.9. The van der Waals surface area contributed by atoms with Gasteiger partial charge in [0.25, 0.3) is 0 Å². The summed E-state index contributed by atoms with van der Waals surface area (Å²) in [5, 5.41) is 2.85. The quantitative estimate of drug-likeness (QED) is 0.811. The molecular formula is C20H19F3N2O2. The lowest BCUT2D eigenvalue weighted by Crippen LogP contribution is -2.43. The molecule has 0 radical (unpaired) electrons.